The second-order valence-electron chi connectivity index (χ2n) is 5.40. The van der Waals surface area contributed by atoms with Gasteiger partial charge in [-0.3, -0.25) is 9.59 Å². The lowest BCUT2D eigenvalue weighted by molar-refractivity contribution is -0.123. The van der Waals surface area contributed by atoms with Crippen molar-refractivity contribution in [2.45, 2.75) is 12.8 Å². The molecule has 0 bridgehead atoms. The summed E-state index contributed by atoms with van der Waals surface area (Å²) in [6, 6.07) is 5.63. The first-order chi connectivity index (χ1) is 11.2. The van der Waals surface area contributed by atoms with Gasteiger partial charge < -0.3 is 21.3 Å². The first kappa shape index (κ1) is 21.4. The van der Waals surface area contributed by atoms with Gasteiger partial charge in [0.25, 0.3) is 0 Å². The van der Waals surface area contributed by atoms with Gasteiger partial charge >= 0.3 is 0 Å². The molecule has 3 rings (SSSR count). The molecule has 138 valence electrons. The van der Waals surface area contributed by atoms with E-state index in [4.69, 9.17) is 5.73 Å². The zero-order valence-electron chi connectivity index (χ0n) is 13.5. The number of rotatable bonds is 5. The standard InChI is InChI=1S/C15H19N5O2S.2ClH/c16-8-13(21)17-9-14(22)18-10-3-4-11-12(7-10)23-15(19-11)20-5-1-2-6-20;;/h3-4,7H,1-2,5-6,8-9,16H2,(H,17,21)(H,18,22);2*1H. The van der Waals surface area contributed by atoms with Crippen molar-refractivity contribution in [1.82, 2.24) is 10.3 Å². The molecule has 2 aromatic rings. The fourth-order valence-corrected chi connectivity index (χ4v) is 3.55. The molecular formula is C15H21Cl2N5O2S. The highest BCUT2D eigenvalue weighted by Crippen LogP contribution is 2.32. The maximum Gasteiger partial charge on any atom is 0.243 e. The number of hydrogen-bond acceptors (Lipinski definition) is 6. The second kappa shape index (κ2) is 9.76. The molecule has 0 radical (unpaired) electrons. The maximum absolute atomic E-state index is 11.8. The number of hydrogen-bond donors (Lipinski definition) is 3. The summed E-state index contributed by atoms with van der Waals surface area (Å²) in [4.78, 5) is 29.8. The number of fused-ring (bicyclic) bond motifs is 1. The molecule has 1 aliphatic rings. The van der Waals surface area contributed by atoms with Gasteiger partial charge in [-0.25, -0.2) is 4.98 Å². The molecule has 0 saturated carbocycles. The molecule has 1 aromatic heterocycles. The first-order valence-corrected chi connectivity index (χ1v) is 8.39. The van der Waals surface area contributed by atoms with Crippen molar-refractivity contribution in [1.29, 1.82) is 0 Å². The molecule has 0 unspecified atom stereocenters. The second-order valence-corrected chi connectivity index (χ2v) is 6.41. The van der Waals surface area contributed by atoms with Crippen LogP contribution in [0.2, 0.25) is 0 Å². The summed E-state index contributed by atoms with van der Waals surface area (Å²) in [7, 11) is 0. The van der Waals surface area contributed by atoms with Crippen LogP contribution in [-0.4, -0.2) is 43.0 Å². The largest absolute Gasteiger partial charge is 0.348 e. The fraction of sp³-hybridized carbons (Fsp3) is 0.400. The lowest BCUT2D eigenvalue weighted by atomic mass is 10.3. The van der Waals surface area contributed by atoms with Gasteiger partial charge in [-0.2, -0.15) is 0 Å². The van der Waals surface area contributed by atoms with E-state index in [0.717, 1.165) is 28.4 Å². The topological polar surface area (TPSA) is 100 Å². The van der Waals surface area contributed by atoms with Crippen molar-refractivity contribution in [3.8, 4) is 0 Å². The predicted octanol–water partition coefficient (Wildman–Crippen LogP) is 1.75. The fourth-order valence-electron chi connectivity index (χ4n) is 2.49. The first-order valence-electron chi connectivity index (χ1n) is 7.58. The van der Waals surface area contributed by atoms with Gasteiger partial charge in [-0.05, 0) is 31.0 Å². The van der Waals surface area contributed by atoms with Crippen molar-refractivity contribution in [3.05, 3.63) is 18.2 Å². The lowest BCUT2D eigenvalue weighted by Gasteiger charge is -2.11. The van der Waals surface area contributed by atoms with Gasteiger partial charge in [0.05, 0.1) is 23.3 Å². The molecule has 7 nitrogen and oxygen atoms in total. The molecule has 25 heavy (non-hydrogen) atoms. The number of nitrogens with two attached hydrogens (primary N) is 1. The minimum absolute atomic E-state index is 0. The Morgan fingerprint density at radius 1 is 1.20 bits per heavy atom. The third-order valence-corrected chi connectivity index (χ3v) is 4.75. The molecular weight excluding hydrogens is 385 g/mol. The summed E-state index contributed by atoms with van der Waals surface area (Å²) >= 11 is 1.63. The summed E-state index contributed by atoms with van der Waals surface area (Å²) in [5.74, 6) is -0.635. The molecule has 1 saturated heterocycles. The van der Waals surface area contributed by atoms with Crippen molar-refractivity contribution in [2.75, 3.05) is 36.4 Å². The summed E-state index contributed by atoms with van der Waals surface area (Å²) < 4.78 is 1.04. The molecule has 1 fully saturated rings. The molecule has 2 heterocycles. The van der Waals surface area contributed by atoms with Gasteiger partial charge in [-0.1, -0.05) is 11.3 Å². The Kier molecular flexibility index (Phi) is 8.37. The van der Waals surface area contributed by atoms with Crippen LogP contribution in [0.5, 0.6) is 0 Å². The molecule has 4 N–H and O–H groups in total. The van der Waals surface area contributed by atoms with Crippen LogP contribution in [-0.2, 0) is 9.59 Å². The Balaban J connectivity index is 0.00000156. The maximum atomic E-state index is 11.8. The number of amides is 2. The van der Waals surface area contributed by atoms with E-state index >= 15 is 0 Å². The Morgan fingerprint density at radius 2 is 1.92 bits per heavy atom. The number of halogens is 2. The normalized spacial score (nSPS) is 13.1. The van der Waals surface area contributed by atoms with Crippen LogP contribution in [0, 0.1) is 0 Å². The molecule has 1 aliphatic heterocycles. The van der Waals surface area contributed by atoms with Crippen LogP contribution < -0.4 is 21.3 Å². The van der Waals surface area contributed by atoms with E-state index in [0.29, 0.717) is 5.69 Å². The highest BCUT2D eigenvalue weighted by Gasteiger charge is 2.16. The van der Waals surface area contributed by atoms with Crippen LogP contribution in [0.3, 0.4) is 0 Å². The Hall–Kier alpha value is -1.61. The molecule has 0 atom stereocenters. The number of aromatic nitrogens is 1. The van der Waals surface area contributed by atoms with Crippen LogP contribution >= 0.6 is 36.2 Å². The summed E-state index contributed by atoms with van der Waals surface area (Å²) in [6.45, 7) is 1.91. The SMILES string of the molecule is Cl.Cl.NCC(=O)NCC(=O)Nc1ccc2nc(N3CCCC3)sc2c1. The van der Waals surface area contributed by atoms with Gasteiger partial charge in [0, 0.05) is 18.8 Å². The number of nitrogens with one attached hydrogen (secondary N) is 2. The van der Waals surface area contributed by atoms with Crippen LogP contribution in [0.1, 0.15) is 12.8 Å². The minimum Gasteiger partial charge on any atom is -0.348 e. The number of anilines is 2. The highest BCUT2D eigenvalue weighted by molar-refractivity contribution is 7.22. The quantitative estimate of drug-likeness (QED) is 0.703. The number of nitrogens with zero attached hydrogens (tertiary/aromatic N) is 2. The van der Waals surface area contributed by atoms with Crippen molar-refractivity contribution >= 4 is 69.0 Å². The van der Waals surface area contributed by atoms with E-state index < -0.39 is 0 Å². The summed E-state index contributed by atoms with van der Waals surface area (Å²) in [5.41, 5.74) is 6.81. The molecule has 0 aliphatic carbocycles. The molecule has 2 amide bonds. The van der Waals surface area contributed by atoms with E-state index in [9.17, 15) is 9.59 Å². The number of benzene rings is 1. The van der Waals surface area contributed by atoms with Gasteiger partial charge in [-0.15, -0.1) is 24.8 Å². The zero-order chi connectivity index (χ0) is 16.2. The van der Waals surface area contributed by atoms with Crippen LogP contribution in [0.25, 0.3) is 10.2 Å². The van der Waals surface area contributed by atoms with E-state index in [1.165, 1.54) is 12.8 Å². The predicted molar refractivity (Wildman–Crippen MR) is 106 cm³/mol. The highest BCUT2D eigenvalue weighted by atomic mass is 35.5. The Morgan fingerprint density at radius 3 is 2.60 bits per heavy atom. The number of thiazole rings is 1. The van der Waals surface area contributed by atoms with Crippen molar-refractivity contribution < 1.29 is 9.59 Å². The van der Waals surface area contributed by atoms with Gasteiger partial charge in [0.1, 0.15) is 0 Å². The lowest BCUT2D eigenvalue weighted by Crippen LogP contribution is -2.36. The third kappa shape index (κ3) is 5.43. The third-order valence-electron chi connectivity index (χ3n) is 3.67. The Labute approximate surface area is 162 Å². The van der Waals surface area contributed by atoms with Gasteiger partial charge in [0.2, 0.25) is 11.8 Å². The van der Waals surface area contributed by atoms with E-state index in [-0.39, 0.29) is 49.7 Å². The number of carbonyl (C=O) groups is 2. The van der Waals surface area contributed by atoms with Crippen LogP contribution in [0.15, 0.2) is 18.2 Å². The Bertz CT molecular complexity index is 734. The zero-order valence-corrected chi connectivity index (χ0v) is 15.9. The molecule has 0 spiro atoms. The van der Waals surface area contributed by atoms with Crippen molar-refractivity contribution in [2.24, 2.45) is 5.73 Å². The monoisotopic (exact) mass is 405 g/mol. The van der Waals surface area contributed by atoms with Crippen molar-refractivity contribution in [3.63, 3.8) is 0 Å². The molecule has 1 aromatic carbocycles. The summed E-state index contributed by atoms with van der Waals surface area (Å²) in [5, 5.41) is 6.24. The summed E-state index contributed by atoms with van der Waals surface area (Å²) in [6.07, 6.45) is 2.43. The van der Waals surface area contributed by atoms with E-state index in [2.05, 4.69) is 20.5 Å². The van der Waals surface area contributed by atoms with E-state index in [1.807, 2.05) is 18.2 Å². The molecule has 10 heteroatoms. The van der Waals surface area contributed by atoms with Gasteiger partial charge in [0.15, 0.2) is 5.13 Å². The average molecular weight is 406 g/mol. The number of carbonyl (C=O) groups excluding carboxylic acids is 2. The van der Waals surface area contributed by atoms with E-state index in [1.54, 1.807) is 11.3 Å². The van der Waals surface area contributed by atoms with Crippen LogP contribution in [0.4, 0.5) is 10.8 Å². The minimum atomic E-state index is -0.353. The smallest absolute Gasteiger partial charge is 0.243 e. The average Bonchev–Trinajstić information content (AvgIpc) is 3.20.